The van der Waals surface area contributed by atoms with E-state index >= 15 is 0 Å². The zero-order valence-corrected chi connectivity index (χ0v) is 10.0. The van der Waals surface area contributed by atoms with Crippen molar-refractivity contribution >= 4 is 5.82 Å². The largest absolute Gasteiger partial charge is 0.366 e. The molecule has 3 heteroatoms. The molecule has 0 aliphatic carbocycles. The fourth-order valence-corrected chi connectivity index (χ4v) is 1.07. The van der Waals surface area contributed by atoms with E-state index in [4.69, 9.17) is 0 Å². The zero-order valence-electron chi connectivity index (χ0n) is 10.0. The van der Waals surface area contributed by atoms with E-state index in [1.54, 1.807) is 0 Å². The van der Waals surface area contributed by atoms with Crippen LogP contribution < -0.4 is 5.32 Å². The van der Waals surface area contributed by atoms with Gasteiger partial charge in [0, 0.05) is 24.8 Å². The molecule has 1 rings (SSSR count). The highest BCUT2D eigenvalue weighted by atomic mass is 15.3. The lowest BCUT2D eigenvalue weighted by atomic mass is 9.88. The highest BCUT2D eigenvalue weighted by Crippen LogP contribution is 2.22. The molecule has 1 N–H and O–H groups in total. The van der Waals surface area contributed by atoms with Crippen LogP contribution in [0.25, 0.3) is 0 Å². The van der Waals surface area contributed by atoms with Crippen LogP contribution in [-0.2, 0) is 7.05 Å². The molecule has 0 radical (unpaired) electrons. The molecule has 0 spiro atoms. The van der Waals surface area contributed by atoms with Crippen molar-refractivity contribution in [3.63, 3.8) is 0 Å². The molecular weight excluding hydrogens is 174 g/mol. The molecule has 1 unspecified atom stereocenters. The number of anilines is 1. The summed E-state index contributed by atoms with van der Waals surface area (Å²) in [6.45, 7) is 10.9. The van der Waals surface area contributed by atoms with Crippen LogP contribution in [-0.4, -0.2) is 15.8 Å². The number of nitrogens with one attached hydrogen (secondary N) is 1. The average molecular weight is 195 g/mol. The van der Waals surface area contributed by atoms with E-state index in [0.717, 1.165) is 5.82 Å². The third-order valence-electron chi connectivity index (χ3n) is 2.78. The standard InChI is InChI=1S/C11H21N3/c1-8-7-10(13-14(8)6)12-9(2)11(3,4)5/h7,9H,1-6H3,(H,12,13). The van der Waals surface area contributed by atoms with Crippen molar-refractivity contribution in [2.75, 3.05) is 5.32 Å². The molecule has 3 nitrogen and oxygen atoms in total. The molecule has 0 saturated heterocycles. The van der Waals surface area contributed by atoms with Crippen molar-refractivity contribution in [1.29, 1.82) is 0 Å². The van der Waals surface area contributed by atoms with Crippen molar-refractivity contribution in [2.45, 2.75) is 40.7 Å². The van der Waals surface area contributed by atoms with Gasteiger partial charge in [-0.3, -0.25) is 4.68 Å². The van der Waals surface area contributed by atoms with Crippen molar-refractivity contribution in [3.05, 3.63) is 11.8 Å². The van der Waals surface area contributed by atoms with Crippen molar-refractivity contribution in [2.24, 2.45) is 12.5 Å². The predicted octanol–water partition coefficient (Wildman–Crippen LogP) is 2.58. The Morgan fingerprint density at radius 2 is 2.00 bits per heavy atom. The van der Waals surface area contributed by atoms with Crippen LogP contribution in [0.5, 0.6) is 0 Å². The maximum Gasteiger partial charge on any atom is 0.148 e. The van der Waals surface area contributed by atoms with Crippen molar-refractivity contribution in [3.8, 4) is 0 Å². The molecule has 0 saturated carbocycles. The first-order chi connectivity index (χ1) is 6.30. The molecule has 0 amide bonds. The summed E-state index contributed by atoms with van der Waals surface area (Å²) in [5, 5.41) is 7.78. The Labute approximate surface area is 86.5 Å². The molecule has 1 aromatic rings. The number of hydrogen-bond donors (Lipinski definition) is 1. The van der Waals surface area contributed by atoms with Crippen LogP contribution in [0.1, 0.15) is 33.4 Å². The Bertz CT molecular complexity index is 287. The summed E-state index contributed by atoms with van der Waals surface area (Å²) < 4.78 is 1.89. The SMILES string of the molecule is Cc1cc(NC(C)C(C)(C)C)nn1C. The van der Waals surface area contributed by atoms with Gasteiger partial charge in [0.1, 0.15) is 5.82 Å². The maximum atomic E-state index is 4.37. The summed E-state index contributed by atoms with van der Waals surface area (Å²) in [4.78, 5) is 0. The number of aromatic nitrogens is 2. The third kappa shape index (κ3) is 2.50. The Kier molecular flexibility index (Phi) is 2.88. The van der Waals surface area contributed by atoms with E-state index in [0.29, 0.717) is 6.04 Å². The van der Waals surface area contributed by atoms with E-state index in [9.17, 15) is 0 Å². The van der Waals surface area contributed by atoms with Crippen LogP contribution in [0.15, 0.2) is 6.07 Å². The predicted molar refractivity (Wildman–Crippen MR) is 60.5 cm³/mol. The second kappa shape index (κ2) is 3.64. The first-order valence-electron chi connectivity index (χ1n) is 5.08. The van der Waals surface area contributed by atoms with E-state index < -0.39 is 0 Å². The maximum absolute atomic E-state index is 4.37. The van der Waals surface area contributed by atoms with Crippen LogP contribution in [0, 0.1) is 12.3 Å². The van der Waals surface area contributed by atoms with Crippen LogP contribution >= 0.6 is 0 Å². The molecule has 1 aromatic heterocycles. The minimum Gasteiger partial charge on any atom is -0.366 e. The highest BCUT2D eigenvalue weighted by Gasteiger charge is 2.20. The fourth-order valence-electron chi connectivity index (χ4n) is 1.07. The van der Waals surface area contributed by atoms with Gasteiger partial charge in [-0.05, 0) is 19.3 Å². The molecule has 0 aliphatic rings. The van der Waals surface area contributed by atoms with Crippen LogP contribution in [0.4, 0.5) is 5.82 Å². The molecule has 0 bridgehead atoms. The molecule has 0 fully saturated rings. The van der Waals surface area contributed by atoms with Gasteiger partial charge < -0.3 is 5.32 Å². The Morgan fingerprint density at radius 1 is 1.43 bits per heavy atom. The lowest BCUT2D eigenvalue weighted by Gasteiger charge is -2.27. The lowest BCUT2D eigenvalue weighted by molar-refractivity contribution is 0.358. The monoisotopic (exact) mass is 195 g/mol. The van der Waals surface area contributed by atoms with Crippen molar-refractivity contribution < 1.29 is 0 Å². The first kappa shape index (κ1) is 11.1. The molecule has 14 heavy (non-hydrogen) atoms. The van der Waals surface area contributed by atoms with Gasteiger partial charge >= 0.3 is 0 Å². The molecule has 0 aromatic carbocycles. The first-order valence-corrected chi connectivity index (χ1v) is 5.08. The second-order valence-electron chi connectivity index (χ2n) is 5.03. The minimum absolute atomic E-state index is 0.255. The minimum atomic E-state index is 0.255. The summed E-state index contributed by atoms with van der Waals surface area (Å²) in [7, 11) is 1.96. The molecule has 0 aliphatic heterocycles. The molecule has 1 heterocycles. The van der Waals surface area contributed by atoms with Gasteiger partial charge in [-0.25, -0.2) is 0 Å². The third-order valence-corrected chi connectivity index (χ3v) is 2.78. The normalized spacial score (nSPS) is 14.1. The highest BCUT2D eigenvalue weighted by molar-refractivity contribution is 5.36. The van der Waals surface area contributed by atoms with Crippen LogP contribution in [0.2, 0.25) is 0 Å². The summed E-state index contributed by atoms with van der Waals surface area (Å²) in [6, 6.07) is 2.49. The quantitative estimate of drug-likeness (QED) is 0.786. The number of rotatable bonds is 2. The summed E-state index contributed by atoms with van der Waals surface area (Å²) in [5.74, 6) is 0.965. The van der Waals surface area contributed by atoms with Gasteiger partial charge in [0.2, 0.25) is 0 Å². The average Bonchev–Trinajstić information content (AvgIpc) is 2.29. The van der Waals surface area contributed by atoms with Crippen molar-refractivity contribution in [1.82, 2.24) is 9.78 Å². The molecular formula is C11H21N3. The lowest BCUT2D eigenvalue weighted by Crippen LogP contribution is -2.30. The Hall–Kier alpha value is -0.990. The summed E-state index contributed by atoms with van der Waals surface area (Å²) in [6.07, 6.45) is 0. The van der Waals surface area contributed by atoms with E-state index in [-0.39, 0.29) is 5.41 Å². The van der Waals surface area contributed by atoms with E-state index in [1.807, 2.05) is 11.7 Å². The second-order valence-corrected chi connectivity index (χ2v) is 5.03. The Balaban J connectivity index is 2.70. The van der Waals surface area contributed by atoms with Gasteiger partial charge in [0.05, 0.1) is 0 Å². The zero-order chi connectivity index (χ0) is 10.9. The topological polar surface area (TPSA) is 29.9 Å². The smallest absolute Gasteiger partial charge is 0.148 e. The van der Waals surface area contributed by atoms with Gasteiger partial charge in [0.15, 0.2) is 0 Å². The van der Waals surface area contributed by atoms with Gasteiger partial charge in [0.25, 0.3) is 0 Å². The molecule has 80 valence electrons. The summed E-state index contributed by atoms with van der Waals surface area (Å²) >= 11 is 0. The number of aryl methyl sites for hydroxylation is 2. The van der Waals surface area contributed by atoms with Crippen LogP contribution in [0.3, 0.4) is 0 Å². The van der Waals surface area contributed by atoms with E-state index in [1.165, 1.54) is 5.69 Å². The van der Waals surface area contributed by atoms with Gasteiger partial charge in [-0.15, -0.1) is 0 Å². The number of nitrogens with zero attached hydrogens (tertiary/aromatic N) is 2. The molecule has 1 atom stereocenters. The fraction of sp³-hybridized carbons (Fsp3) is 0.727. The van der Waals surface area contributed by atoms with E-state index in [2.05, 4.69) is 51.1 Å². The Morgan fingerprint density at radius 3 is 2.36 bits per heavy atom. The summed E-state index contributed by atoms with van der Waals surface area (Å²) in [5.41, 5.74) is 1.43. The van der Waals surface area contributed by atoms with Gasteiger partial charge in [-0.2, -0.15) is 5.10 Å². The van der Waals surface area contributed by atoms with Gasteiger partial charge in [-0.1, -0.05) is 20.8 Å². The number of hydrogen-bond acceptors (Lipinski definition) is 2.